The van der Waals surface area contributed by atoms with Gasteiger partial charge in [-0.15, -0.1) is 11.8 Å². The van der Waals surface area contributed by atoms with E-state index in [1.54, 1.807) is 61.5 Å². The fraction of sp³-hybridized carbons (Fsp3) is 0.133. The minimum Gasteiger partial charge on any atom is -0.360 e. The Labute approximate surface area is 245 Å². The normalized spacial score (nSPS) is 11.8. The minimum atomic E-state index is -0.606. The zero-order chi connectivity index (χ0) is 30.1. The highest BCUT2D eigenvalue weighted by Crippen LogP contribution is 2.29. The summed E-state index contributed by atoms with van der Waals surface area (Å²) < 4.78 is 5.00. The number of carbonyl (C=O) groups is 3. The number of aryl methyl sites for hydroxylation is 1. The van der Waals surface area contributed by atoms with E-state index in [9.17, 15) is 24.5 Å². The van der Waals surface area contributed by atoms with Crippen molar-refractivity contribution in [2.75, 3.05) is 10.6 Å². The molecule has 4 rings (SSSR count). The van der Waals surface area contributed by atoms with Gasteiger partial charge in [0.05, 0.1) is 10.2 Å². The largest absolute Gasteiger partial charge is 0.360 e. The van der Waals surface area contributed by atoms with Crippen molar-refractivity contribution in [3.05, 3.63) is 118 Å². The monoisotopic (exact) mass is 585 g/mol. The summed E-state index contributed by atoms with van der Waals surface area (Å²) in [5.74, 6) is -0.422. The van der Waals surface area contributed by atoms with Crippen molar-refractivity contribution >= 4 is 52.8 Å². The maximum absolute atomic E-state index is 13.4. The van der Waals surface area contributed by atoms with E-state index in [2.05, 4.69) is 21.1 Å². The van der Waals surface area contributed by atoms with E-state index in [1.165, 1.54) is 42.1 Å². The predicted molar refractivity (Wildman–Crippen MR) is 160 cm³/mol. The molecule has 1 atom stereocenters. The molecule has 0 saturated heterocycles. The van der Waals surface area contributed by atoms with Crippen LogP contribution < -0.4 is 16.0 Å². The standard InChI is InChI=1S/C30H27N5O6S/c1-3-26(30(38)33-27-16-19(2)41-34-27)42-24-11-7-10-22(18-24)31-29(37)25(32-28(36)21-8-5-4-6-9-21)17-20-12-14-23(15-13-20)35(39)40/h4-18,26H,3H2,1-2H3,(H,31,37)(H,32,36)(H,33,34,38)/b25-17+. The number of nitro benzene ring substituents is 1. The lowest BCUT2D eigenvalue weighted by atomic mass is 10.1. The van der Waals surface area contributed by atoms with Crippen LogP contribution in [0.3, 0.4) is 0 Å². The van der Waals surface area contributed by atoms with Crippen molar-refractivity contribution in [1.82, 2.24) is 10.5 Å². The Hall–Kier alpha value is -5.23. The number of thioether (sulfide) groups is 1. The fourth-order valence-electron chi connectivity index (χ4n) is 3.77. The molecular formula is C30H27N5O6S. The van der Waals surface area contributed by atoms with Gasteiger partial charge in [-0.3, -0.25) is 24.5 Å². The number of nitrogens with one attached hydrogen (secondary N) is 3. The molecule has 12 heteroatoms. The molecule has 0 radical (unpaired) electrons. The number of hydrogen-bond donors (Lipinski definition) is 3. The van der Waals surface area contributed by atoms with Crippen LogP contribution in [0.2, 0.25) is 0 Å². The molecule has 4 aromatic rings. The summed E-state index contributed by atoms with van der Waals surface area (Å²) in [5, 5.41) is 22.5. The Morgan fingerprint density at radius 2 is 1.74 bits per heavy atom. The SMILES string of the molecule is CCC(Sc1cccc(NC(=O)/C(=C\c2ccc([N+](=O)[O-])cc2)NC(=O)c2ccccc2)c1)C(=O)Nc1cc(C)on1. The number of rotatable bonds is 11. The first-order valence-corrected chi connectivity index (χ1v) is 13.7. The molecule has 0 aliphatic heterocycles. The third-order valence-electron chi connectivity index (χ3n) is 5.86. The molecule has 11 nitrogen and oxygen atoms in total. The van der Waals surface area contributed by atoms with E-state index < -0.39 is 22.0 Å². The molecule has 0 bridgehead atoms. The maximum atomic E-state index is 13.4. The molecular weight excluding hydrogens is 558 g/mol. The van der Waals surface area contributed by atoms with Crippen LogP contribution in [0.4, 0.5) is 17.2 Å². The van der Waals surface area contributed by atoms with Gasteiger partial charge in [0.1, 0.15) is 11.5 Å². The van der Waals surface area contributed by atoms with Crippen LogP contribution >= 0.6 is 11.8 Å². The highest BCUT2D eigenvalue weighted by Gasteiger charge is 2.20. The highest BCUT2D eigenvalue weighted by atomic mass is 32.2. The van der Waals surface area contributed by atoms with Gasteiger partial charge in [-0.1, -0.05) is 36.3 Å². The van der Waals surface area contributed by atoms with Crippen molar-refractivity contribution in [2.45, 2.75) is 30.4 Å². The number of benzene rings is 3. The third kappa shape index (κ3) is 8.15. The Kier molecular flexibility index (Phi) is 9.85. The molecule has 214 valence electrons. The van der Waals surface area contributed by atoms with E-state index in [4.69, 9.17) is 4.52 Å². The molecule has 3 N–H and O–H groups in total. The van der Waals surface area contributed by atoms with Gasteiger partial charge in [0.25, 0.3) is 17.5 Å². The molecule has 42 heavy (non-hydrogen) atoms. The lowest BCUT2D eigenvalue weighted by Crippen LogP contribution is -2.30. The highest BCUT2D eigenvalue weighted by molar-refractivity contribution is 8.00. The van der Waals surface area contributed by atoms with Gasteiger partial charge in [0.2, 0.25) is 5.91 Å². The van der Waals surface area contributed by atoms with E-state index >= 15 is 0 Å². The van der Waals surface area contributed by atoms with Crippen LogP contribution in [-0.4, -0.2) is 33.1 Å². The molecule has 1 heterocycles. The van der Waals surface area contributed by atoms with Crippen LogP contribution in [0.5, 0.6) is 0 Å². The molecule has 3 amide bonds. The number of hydrogen-bond acceptors (Lipinski definition) is 8. The summed E-state index contributed by atoms with van der Waals surface area (Å²) in [7, 11) is 0. The van der Waals surface area contributed by atoms with Gasteiger partial charge in [-0.05, 0) is 67.4 Å². The van der Waals surface area contributed by atoms with Gasteiger partial charge in [-0.2, -0.15) is 0 Å². The average Bonchev–Trinajstić information content (AvgIpc) is 3.40. The van der Waals surface area contributed by atoms with Crippen LogP contribution in [-0.2, 0) is 9.59 Å². The van der Waals surface area contributed by atoms with Gasteiger partial charge < -0.3 is 20.5 Å². The predicted octanol–water partition coefficient (Wildman–Crippen LogP) is 5.81. The number of carbonyl (C=O) groups excluding carboxylic acids is 3. The van der Waals surface area contributed by atoms with Crippen LogP contribution in [0.15, 0.2) is 100 Å². The Balaban J connectivity index is 1.51. The summed E-state index contributed by atoms with van der Waals surface area (Å²) in [5.41, 5.74) is 1.10. The van der Waals surface area contributed by atoms with Crippen molar-refractivity contribution in [1.29, 1.82) is 0 Å². The van der Waals surface area contributed by atoms with E-state index in [0.717, 1.165) is 4.90 Å². The zero-order valence-corrected chi connectivity index (χ0v) is 23.5. The van der Waals surface area contributed by atoms with Gasteiger partial charge >= 0.3 is 0 Å². The lowest BCUT2D eigenvalue weighted by molar-refractivity contribution is -0.384. The summed E-state index contributed by atoms with van der Waals surface area (Å²) in [4.78, 5) is 50.3. The summed E-state index contributed by atoms with van der Waals surface area (Å²) >= 11 is 1.33. The number of nitrogens with zero attached hydrogens (tertiary/aromatic N) is 2. The molecule has 0 saturated carbocycles. The molecule has 1 unspecified atom stereocenters. The van der Waals surface area contributed by atoms with Crippen LogP contribution in [0.25, 0.3) is 6.08 Å². The van der Waals surface area contributed by atoms with E-state index in [0.29, 0.717) is 34.8 Å². The number of aromatic nitrogens is 1. The van der Waals surface area contributed by atoms with Crippen molar-refractivity contribution < 1.29 is 23.8 Å². The molecule has 0 spiro atoms. The maximum Gasteiger partial charge on any atom is 0.272 e. The number of nitro groups is 1. The molecule has 0 aliphatic rings. The van der Waals surface area contributed by atoms with Crippen LogP contribution in [0, 0.1) is 17.0 Å². The molecule has 0 fully saturated rings. The third-order valence-corrected chi connectivity index (χ3v) is 7.21. The smallest absolute Gasteiger partial charge is 0.272 e. The Morgan fingerprint density at radius 3 is 2.38 bits per heavy atom. The quantitative estimate of drug-likeness (QED) is 0.0861. The first kappa shape index (κ1) is 29.7. The van der Waals surface area contributed by atoms with E-state index in [-0.39, 0.29) is 17.3 Å². The summed E-state index contributed by atoms with van der Waals surface area (Å²) in [6, 6.07) is 22.6. The number of amides is 3. The molecule has 1 aromatic heterocycles. The summed E-state index contributed by atoms with van der Waals surface area (Å²) in [6.07, 6.45) is 1.97. The van der Waals surface area contributed by atoms with Gasteiger partial charge in [-0.25, -0.2) is 0 Å². The molecule has 3 aromatic carbocycles. The minimum absolute atomic E-state index is 0.0653. The zero-order valence-electron chi connectivity index (χ0n) is 22.7. The topological polar surface area (TPSA) is 156 Å². The van der Waals surface area contributed by atoms with Crippen LogP contribution in [0.1, 0.15) is 35.0 Å². The van der Waals surface area contributed by atoms with Crippen molar-refractivity contribution in [3.8, 4) is 0 Å². The first-order chi connectivity index (χ1) is 20.2. The second-order valence-corrected chi connectivity index (χ2v) is 10.3. The fourth-order valence-corrected chi connectivity index (χ4v) is 4.78. The first-order valence-electron chi connectivity index (χ1n) is 12.9. The Bertz CT molecular complexity index is 1620. The number of non-ortho nitro benzene ring substituents is 1. The summed E-state index contributed by atoms with van der Waals surface area (Å²) in [6.45, 7) is 3.62. The second-order valence-electron chi connectivity index (χ2n) is 9.04. The lowest BCUT2D eigenvalue weighted by Gasteiger charge is -2.15. The Morgan fingerprint density at radius 1 is 1.00 bits per heavy atom. The second kappa shape index (κ2) is 13.9. The number of anilines is 2. The van der Waals surface area contributed by atoms with Crippen molar-refractivity contribution in [2.24, 2.45) is 0 Å². The van der Waals surface area contributed by atoms with Gasteiger partial charge in [0.15, 0.2) is 5.82 Å². The average molecular weight is 586 g/mol. The van der Waals surface area contributed by atoms with Gasteiger partial charge in [0, 0.05) is 34.3 Å². The van der Waals surface area contributed by atoms with E-state index in [1.807, 2.05) is 13.0 Å². The molecule has 0 aliphatic carbocycles. The van der Waals surface area contributed by atoms with Crippen molar-refractivity contribution in [3.63, 3.8) is 0 Å².